The van der Waals surface area contributed by atoms with Crippen molar-refractivity contribution in [2.24, 2.45) is 5.92 Å². The average molecular weight is 300 g/mol. The molecule has 1 aliphatic rings. The minimum absolute atomic E-state index is 0.0307. The van der Waals surface area contributed by atoms with Crippen molar-refractivity contribution in [3.05, 3.63) is 48.6 Å². The van der Waals surface area contributed by atoms with E-state index in [1.54, 1.807) is 0 Å². The second-order valence-electron chi connectivity index (χ2n) is 6.50. The van der Waals surface area contributed by atoms with E-state index in [0.29, 0.717) is 12.5 Å². The van der Waals surface area contributed by atoms with Crippen LogP contribution in [0.4, 0.5) is 0 Å². The van der Waals surface area contributed by atoms with Crippen LogP contribution in [0.2, 0.25) is 0 Å². The molecule has 0 heterocycles. The molecule has 2 heteroatoms. The Hall–Kier alpha value is -1.57. The first kappa shape index (κ1) is 16.8. The Kier molecular flexibility index (Phi) is 6.23. The smallest absolute Gasteiger partial charge is 0.316 e. The SMILES string of the molecule is C=CC(C)CCOC(=O)C1(c2ccccc2)CCCCCC1. The van der Waals surface area contributed by atoms with E-state index in [2.05, 4.69) is 25.6 Å². The first-order chi connectivity index (χ1) is 10.7. The summed E-state index contributed by atoms with van der Waals surface area (Å²) in [5, 5.41) is 0. The quantitative estimate of drug-likeness (QED) is 0.418. The highest BCUT2D eigenvalue weighted by molar-refractivity contribution is 5.83. The normalized spacial score (nSPS) is 19.0. The summed E-state index contributed by atoms with van der Waals surface area (Å²) in [5.41, 5.74) is 0.688. The van der Waals surface area contributed by atoms with Crippen LogP contribution in [-0.4, -0.2) is 12.6 Å². The van der Waals surface area contributed by atoms with E-state index in [-0.39, 0.29) is 5.97 Å². The summed E-state index contributed by atoms with van der Waals surface area (Å²) in [6.07, 6.45) is 9.22. The van der Waals surface area contributed by atoms with Crippen LogP contribution < -0.4 is 0 Å². The van der Waals surface area contributed by atoms with E-state index in [9.17, 15) is 4.79 Å². The van der Waals surface area contributed by atoms with Crippen molar-refractivity contribution in [2.75, 3.05) is 6.61 Å². The van der Waals surface area contributed by atoms with Crippen LogP contribution in [0.1, 0.15) is 57.4 Å². The fraction of sp³-hybridized carbons (Fsp3) is 0.550. The molecule has 0 amide bonds. The van der Waals surface area contributed by atoms with Crippen molar-refractivity contribution in [1.29, 1.82) is 0 Å². The Morgan fingerprint density at radius 1 is 1.23 bits per heavy atom. The first-order valence-electron chi connectivity index (χ1n) is 8.54. The number of esters is 1. The molecular formula is C20H28O2. The fourth-order valence-corrected chi connectivity index (χ4v) is 3.29. The molecular weight excluding hydrogens is 272 g/mol. The lowest BCUT2D eigenvalue weighted by Gasteiger charge is -2.31. The molecule has 1 unspecified atom stereocenters. The van der Waals surface area contributed by atoms with Crippen LogP contribution in [0, 0.1) is 5.92 Å². The molecule has 0 N–H and O–H groups in total. The van der Waals surface area contributed by atoms with Gasteiger partial charge in [0.25, 0.3) is 0 Å². The van der Waals surface area contributed by atoms with Gasteiger partial charge in [-0.1, -0.05) is 69.0 Å². The molecule has 0 spiro atoms. The van der Waals surface area contributed by atoms with E-state index in [0.717, 1.165) is 37.7 Å². The summed E-state index contributed by atoms with van der Waals surface area (Å²) in [7, 11) is 0. The Bertz CT molecular complexity index is 470. The molecule has 22 heavy (non-hydrogen) atoms. The predicted molar refractivity (Wildman–Crippen MR) is 90.8 cm³/mol. The fourth-order valence-electron chi connectivity index (χ4n) is 3.29. The van der Waals surface area contributed by atoms with Crippen molar-refractivity contribution < 1.29 is 9.53 Å². The Labute approximate surface area is 134 Å². The second-order valence-corrected chi connectivity index (χ2v) is 6.50. The monoisotopic (exact) mass is 300 g/mol. The molecule has 120 valence electrons. The molecule has 0 aromatic heterocycles. The number of benzene rings is 1. The molecule has 0 bridgehead atoms. The maximum absolute atomic E-state index is 12.9. The van der Waals surface area contributed by atoms with E-state index >= 15 is 0 Å². The molecule has 1 aromatic rings. The van der Waals surface area contributed by atoms with E-state index in [4.69, 9.17) is 4.74 Å². The van der Waals surface area contributed by atoms with Gasteiger partial charge >= 0.3 is 5.97 Å². The van der Waals surface area contributed by atoms with Gasteiger partial charge in [-0.05, 0) is 30.7 Å². The lowest BCUT2D eigenvalue weighted by atomic mass is 9.74. The maximum atomic E-state index is 12.9. The number of rotatable bonds is 6. The van der Waals surface area contributed by atoms with Crippen LogP contribution >= 0.6 is 0 Å². The van der Waals surface area contributed by atoms with Crippen molar-refractivity contribution in [2.45, 2.75) is 57.3 Å². The van der Waals surface area contributed by atoms with Gasteiger partial charge in [0.2, 0.25) is 0 Å². The molecule has 1 aliphatic carbocycles. The van der Waals surface area contributed by atoms with Crippen molar-refractivity contribution in [3.63, 3.8) is 0 Å². The molecule has 2 rings (SSSR count). The first-order valence-corrected chi connectivity index (χ1v) is 8.54. The highest BCUT2D eigenvalue weighted by Crippen LogP contribution is 2.39. The standard InChI is InChI=1S/C20H28O2/c1-3-17(2)13-16-22-19(21)20(14-9-4-5-10-15-20)18-11-7-6-8-12-18/h3,6-8,11-12,17H,1,4-5,9-10,13-16H2,2H3. The number of hydrogen-bond donors (Lipinski definition) is 0. The summed E-state index contributed by atoms with van der Waals surface area (Å²) in [4.78, 5) is 12.9. The van der Waals surface area contributed by atoms with Crippen molar-refractivity contribution in [3.8, 4) is 0 Å². The van der Waals surface area contributed by atoms with Gasteiger partial charge in [0, 0.05) is 0 Å². The zero-order valence-electron chi connectivity index (χ0n) is 13.7. The van der Waals surface area contributed by atoms with Crippen molar-refractivity contribution in [1.82, 2.24) is 0 Å². The topological polar surface area (TPSA) is 26.3 Å². The zero-order valence-corrected chi connectivity index (χ0v) is 13.7. The van der Waals surface area contributed by atoms with Crippen LogP contribution in [0.3, 0.4) is 0 Å². The summed E-state index contributed by atoms with van der Waals surface area (Å²) in [6, 6.07) is 10.2. The molecule has 1 fully saturated rings. The Morgan fingerprint density at radius 2 is 1.86 bits per heavy atom. The number of ether oxygens (including phenoxy) is 1. The van der Waals surface area contributed by atoms with E-state index in [1.807, 2.05) is 24.3 Å². The largest absolute Gasteiger partial charge is 0.465 e. The summed E-state index contributed by atoms with van der Waals surface area (Å²) >= 11 is 0. The van der Waals surface area contributed by atoms with E-state index < -0.39 is 5.41 Å². The average Bonchev–Trinajstić information content (AvgIpc) is 2.82. The van der Waals surface area contributed by atoms with Crippen LogP contribution in [0.5, 0.6) is 0 Å². The number of carbonyl (C=O) groups is 1. The molecule has 1 atom stereocenters. The number of hydrogen-bond acceptors (Lipinski definition) is 2. The number of allylic oxidation sites excluding steroid dienone is 1. The summed E-state index contributed by atoms with van der Waals surface area (Å²) in [5.74, 6) is 0.353. The van der Waals surface area contributed by atoms with Gasteiger partial charge in [-0.3, -0.25) is 4.79 Å². The third kappa shape index (κ3) is 4.00. The zero-order chi connectivity index (χ0) is 15.8. The molecule has 1 aromatic carbocycles. The molecule has 0 saturated heterocycles. The van der Waals surface area contributed by atoms with Crippen LogP contribution in [0.25, 0.3) is 0 Å². The van der Waals surface area contributed by atoms with Crippen LogP contribution in [0.15, 0.2) is 43.0 Å². The number of carbonyl (C=O) groups excluding carboxylic acids is 1. The van der Waals surface area contributed by atoms with Gasteiger partial charge in [0.1, 0.15) is 0 Å². The molecule has 2 nitrogen and oxygen atoms in total. The third-order valence-electron chi connectivity index (χ3n) is 4.88. The van der Waals surface area contributed by atoms with Gasteiger partial charge in [-0.2, -0.15) is 0 Å². The lowest BCUT2D eigenvalue weighted by Crippen LogP contribution is -2.37. The predicted octanol–water partition coefficient (Wildman–Crippen LogP) is 5.03. The highest BCUT2D eigenvalue weighted by Gasteiger charge is 2.41. The Morgan fingerprint density at radius 3 is 2.45 bits per heavy atom. The van der Waals surface area contributed by atoms with Gasteiger partial charge < -0.3 is 4.74 Å². The van der Waals surface area contributed by atoms with Crippen molar-refractivity contribution >= 4 is 5.97 Å². The highest BCUT2D eigenvalue weighted by atomic mass is 16.5. The minimum Gasteiger partial charge on any atom is -0.465 e. The third-order valence-corrected chi connectivity index (χ3v) is 4.88. The second kappa shape index (κ2) is 8.17. The van der Waals surface area contributed by atoms with Gasteiger partial charge in [0.05, 0.1) is 12.0 Å². The molecule has 1 saturated carbocycles. The summed E-state index contributed by atoms with van der Waals surface area (Å²) in [6.45, 7) is 6.36. The Balaban J connectivity index is 2.13. The molecule has 0 radical (unpaired) electrons. The molecule has 0 aliphatic heterocycles. The maximum Gasteiger partial charge on any atom is 0.316 e. The summed E-state index contributed by atoms with van der Waals surface area (Å²) < 4.78 is 5.68. The van der Waals surface area contributed by atoms with Gasteiger partial charge in [-0.25, -0.2) is 0 Å². The van der Waals surface area contributed by atoms with Crippen LogP contribution in [-0.2, 0) is 14.9 Å². The minimum atomic E-state index is -0.435. The van der Waals surface area contributed by atoms with Gasteiger partial charge in [-0.15, -0.1) is 6.58 Å². The van der Waals surface area contributed by atoms with E-state index in [1.165, 1.54) is 12.8 Å². The lowest BCUT2D eigenvalue weighted by molar-refractivity contribution is -0.151. The van der Waals surface area contributed by atoms with Gasteiger partial charge in [0.15, 0.2) is 0 Å².